The second-order valence-corrected chi connectivity index (χ2v) is 7.38. The molecular formula is C24H28N2O3. The fourth-order valence-corrected chi connectivity index (χ4v) is 3.29. The van der Waals surface area contributed by atoms with Crippen molar-refractivity contribution in [3.63, 3.8) is 0 Å². The van der Waals surface area contributed by atoms with Crippen molar-refractivity contribution in [3.05, 3.63) is 65.7 Å². The van der Waals surface area contributed by atoms with E-state index in [2.05, 4.69) is 12.2 Å². The Morgan fingerprint density at radius 2 is 1.72 bits per heavy atom. The molecule has 29 heavy (non-hydrogen) atoms. The minimum absolute atomic E-state index is 0.0603. The molecule has 2 amide bonds. The Hall–Kier alpha value is -3.08. The van der Waals surface area contributed by atoms with E-state index in [1.54, 1.807) is 30.3 Å². The van der Waals surface area contributed by atoms with Crippen LogP contribution in [0, 0.1) is 5.92 Å². The second kappa shape index (κ2) is 9.92. The van der Waals surface area contributed by atoms with Crippen LogP contribution < -0.4 is 10.1 Å². The molecule has 0 atom stereocenters. The largest absolute Gasteiger partial charge is 0.494 e. The average Bonchev–Trinajstić information content (AvgIpc) is 2.74. The van der Waals surface area contributed by atoms with Crippen LogP contribution in [0.25, 0.3) is 6.08 Å². The molecule has 2 aromatic carbocycles. The van der Waals surface area contributed by atoms with Gasteiger partial charge in [0.1, 0.15) is 5.75 Å². The van der Waals surface area contributed by atoms with Crippen molar-refractivity contribution in [1.82, 2.24) is 4.90 Å². The van der Waals surface area contributed by atoms with Crippen LogP contribution >= 0.6 is 0 Å². The molecular weight excluding hydrogens is 364 g/mol. The number of likely N-dealkylation sites (tertiary alicyclic amines) is 1. The van der Waals surface area contributed by atoms with Gasteiger partial charge in [0, 0.05) is 30.4 Å². The van der Waals surface area contributed by atoms with Gasteiger partial charge in [-0.15, -0.1) is 0 Å². The molecule has 2 aromatic rings. The second-order valence-electron chi connectivity index (χ2n) is 7.38. The Morgan fingerprint density at radius 1 is 1.07 bits per heavy atom. The van der Waals surface area contributed by atoms with Crippen molar-refractivity contribution < 1.29 is 14.3 Å². The van der Waals surface area contributed by atoms with Gasteiger partial charge < -0.3 is 15.0 Å². The van der Waals surface area contributed by atoms with Crippen molar-refractivity contribution in [1.29, 1.82) is 0 Å². The number of carbonyl (C=O) groups excluding carboxylic acids is 2. The quantitative estimate of drug-likeness (QED) is 0.731. The number of hydrogen-bond acceptors (Lipinski definition) is 3. The maximum atomic E-state index is 12.6. The molecule has 1 saturated heterocycles. The van der Waals surface area contributed by atoms with Crippen molar-refractivity contribution in [3.8, 4) is 5.75 Å². The highest BCUT2D eigenvalue weighted by molar-refractivity contribution is 6.02. The number of carbonyl (C=O) groups is 2. The van der Waals surface area contributed by atoms with Gasteiger partial charge in [0.25, 0.3) is 5.91 Å². The van der Waals surface area contributed by atoms with Crippen molar-refractivity contribution in [2.75, 3.05) is 25.0 Å². The van der Waals surface area contributed by atoms with Gasteiger partial charge in [-0.05, 0) is 73.7 Å². The summed E-state index contributed by atoms with van der Waals surface area (Å²) in [6.07, 6.45) is 5.35. The van der Waals surface area contributed by atoms with Gasteiger partial charge in [0.15, 0.2) is 0 Å². The summed E-state index contributed by atoms with van der Waals surface area (Å²) in [7, 11) is 0. The highest BCUT2D eigenvalue weighted by atomic mass is 16.5. The number of nitrogens with zero attached hydrogens (tertiary/aromatic N) is 1. The van der Waals surface area contributed by atoms with Crippen molar-refractivity contribution in [2.24, 2.45) is 5.92 Å². The zero-order chi connectivity index (χ0) is 20.6. The third-order valence-electron chi connectivity index (χ3n) is 5.09. The molecule has 1 heterocycles. The molecule has 0 saturated carbocycles. The van der Waals surface area contributed by atoms with Gasteiger partial charge >= 0.3 is 0 Å². The lowest BCUT2D eigenvalue weighted by Crippen LogP contribution is -2.37. The van der Waals surface area contributed by atoms with Crippen LogP contribution in [0.15, 0.2) is 54.6 Å². The minimum atomic E-state index is -0.219. The molecule has 0 unspecified atom stereocenters. The van der Waals surface area contributed by atoms with Crippen LogP contribution in [0.4, 0.5) is 5.69 Å². The number of nitrogens with one attached hydrogen (secondary N) is 1. The monoisotopic (exact) mass is 392 g/mol. The van der Waals surface area contributed by atoms with Gasteiger partial charge in [-0.2, -0.15) is 0 Å². The van der Waals surface area contributed by atoms with E-state index in [0.29, 0.717) is 23.8 Å². The van der Waals surface area contributed by atoms with E-state index in [0.717, 1.165) is 37.2 Å². The summed E-state index contributed by atoms with van der Waals surface area (Å²) in [5.74, 6) is 1.34. The Labute approximate surface area is 172 Å². The van der Waals surface area contributed by atoms with Crippen LogP contribution in [-0.4, -0.2) is 36.4 Å². The van der Waals surface area contributed by atoms with E-state index < -0.39 is 0 Å². The van der Waals surface area contributed by atoms with Crippen LogP contribution in [0.2, 0.25) is 0 Å². The van der Waals surface area contributed by atoms with E-state index >= 15 is 0 Å². The Balaban J connectivity index is 1.53. The molecule has 1 aliphatic rings. The standard InChI is InChI=1S/C24H28N2O3/c1-3-29-22-11-4-19(5-12-22)6-13-23(27)25-21-9-7-20(8-10-21)24(28)26-16-14-18(2)15-17-26/h4-13,18H,3,14-17H2,1-2H3,(H,25,27)/b13-6+. The predicted molar refractivity (Wildman–Crippen MR) is 116 cm³/mol. The minimum Gasteiger partial charge on any atom is -0.494 e. The van der Waals surface area contributed by atoms with E-state index in [9.17, 15) is 9.59 Å². The van der Waals surface area contributed by atoms with E-state index in [4.69, 9.17) is 4.74 Å². The molecule has 152 valence electrons. The first-order chi connectivity index (χ1) is 14.0. The van der Waals surface area contributed by atoms with Crippen LogP contribution in [0.1, 0.15) is 42.6 Å². The van der Waals surface area contributed by atoms with Crippen LogP contribution in [-0.2, 0) is 4.79 Å². The smallest absolute Gasteiger partial charge is 0.253 e. The number of benzene rings is 2. The molecule has 0 aromatic heterocycles. The molecule has 5 heteroatoms. The maximum absolute atomic E-state index is 12.6. The number of ether oxygens (including phenoxy) is 1. The summed E-state index contributed by atoms with van der Waals surface area (Å²) >= 11 is 0. The third kappa shape index (κ3) is 5.95. The maximum Gasteiger partial charge on any atom is 0.253 e. The third-order valence-corrected chi connectivity index (χ3v) is 5.09. The average molecular weight is 392 g/mol. The predicted octanol–water partition coefficient (Wildman–Crippen LogP) is 4.61. The molecule has 3 rings (SSSR count). The summed E-state index contributed by atoms with van der Waals surface area (Å²) in [6.45, 7) is 6.42. The Kier molecular flexibility index (Phi) is 7.06. The SMILES string of the molecule is CCOc1ccc(/C=C/C(=O)Nc2ccc(C(=O)N3CCC(C)CC3)cc2)cc1. The van der Waals surface area contributed by atoms with Crippen LogP contribution in [0.3, 0.4) is 0 Å². The van der Waals surface area contributed by atoms with Gasteiger partial charge in [-0.25, -0.2) is 0 Å². The molecule has 0 spiro atoms. The molecule has 5 nitrogen and oxygen atoms in total. The number of anilines is 1. The summed E-state index contributed by atoms with van der Waals surface area (Å²) < 4.78 is 5.40. The van der Waals surface area contributed by atoms with E-state index in [1.165, 1.54) is 6.08 Å². The highest BCUT2D eigenvalue weighted by Gasteiger charge is 2.21. The molecule has 1 fully saturated rings. The first-order valence-electron chi connectivity index (χ1n) is 10.2. The van der Waals surface area contributed by atoms with Gasteiger partial charge in [-0.3, -0.25) is 9.59 Å². The summed E-state index contributed by atoms with van der Waals surface area (Å²) in [6, 6.07) is 14.6. The Morgan fingerprint density at radius 3 is 2.34 bits per heavy atom. The first-order valence-corrected chi connectivity index (χ1v) is 10.2. The number of piperidine rings is 1. The van der Waals surface area contributed by atoms with Crippen LogP contribution in [0.5, 0.6) is 5.75 Å². The zero-order valence-corrected chi connectivity index (χ0v) is 17.1. The van der Waals surface area contributed by atoms with Gasteiger partial charge in [0.2, 0.25) is 5.91 Å². The lowest BCUT2D eigenvalue weighted by Gasteiger charge is -2.30. The fourth-order valence-electron chi connectivity index (χ4n) is 3.29. The molecule has 0 radical (unpaired) electrons. The Bertz CT molecular complexity index is 849. The first kappa shape index (κ1) is 20.6. The summed E-state index contributed by atoms with van der Waals surface area (Å²) in [5, 5.41) is 2.82. The number of rotatable bonds is 6. The number of hydrogen-bond donors (Lipinski definition) is 1. The normalized spacial score (nSPS) is 14.8. The summed E-state index contributed by atoms with van der Waals surface area (Å²) in [4.78, 5) is 26.6. The van der Waals surface area contributed by atoms with Crippen molar-refractivity contribution in [2.45, 2.75) is 26.7 Å². The lowest BCUT2D eigenvalue weighted by molar-refractivity contribution is -0.111. The van der Waals surface area contributed by atoms with Gasteiger partial charge in [0.05, 0.1) is 6.61 Å². The molecule has 0 bridgehead atoms. The fraction of sp³-hybridized carbons (Fsp3) is 0.333. The molecule has 1 aliphatic heterocycles. The zero-order valence-electron chi connectivity index (χ0n) is 17.1. The van der Waals surface area contributed by atoms with Gasteiger partial charge in [-0.1, -0.05) is 19.1 Å². The topological polar surface area (TPSA) is 58.6 Å². The summed E-state index contributed by atoms with van der Waals surface area (Å²) in [5.41, 5.74) is 2.23. The number of amides is 2. The van der Waals surface area contributed by atoms with E-state index in [-0.39, 0.29) is 11.8 Å². The molecule has 1 N–H and O–H groups in total. The lowest BCUT2D eigenvalue weighted by atomic mass is 9.98. The van der Waals surface area contributed by atoms with E-state index in [1.807, 2.05) is 36.1 Å². The van der Waals surface area contributed by atoms with Crippen molar-refractivity contribution >= 4 is 23.6 Å². The molecule has 0 aliphatic carbocycles. The highest BCUT2D eigenvalue weighted by Crippen LogP contribution is 2.19.